The maximum atomic E-state index is 13.6. The van der Waals surface area contributed by atoms with Gasteiger partial charge in [-0.15, -0.1) is 0 Å². The number of hydrogen-bond acceptors (Lipinski definition) is 3. The van der Waals surface area contributed by atoms with Gasteiger partial charge in [0.05, 0.1) is 30.8 Å². The molecule has 2 N–H and O–H groups in total. The van der Waals surface area contributed by atoms with E-state index in [1.807, 2.05) is 0 Å². The average Bonchev–Trinajstić information content (AvgIpc) is 2.76. The standard InChI is InChI=1S/C11H10FN3OS/c1-16-7-5-14-15(6-7)9-4-2-3-8(12)10(9)11(13)17/h2-6H,1H3,(H2,13,17). The van der Waals surface area contributed by atoms with Gasteiger partial charge in [0.15, 0.2) is 5.75 Å². The number of thiocarbonyl (C=S) groups is 1. The Balaban J connectivity index is 2.58. The lowest BCUT2D eigenvalue weighted by molar-refractivity contribution is 0.414. The van der Waals surface area contributed by atoms with Crippen LogP contribution in [0, 0.1) is 5.82 Å². The van der Waals surface area contributed by atoms with Crippen LogP contribution >= 0.6 is 12.2 Å². The Bertz CT molecular complexity index is 568. The second-order valence-corrected chi connectivity index (χ2v) is 3.76. The lowest BCUT2D eigenvalue weighted by Gasteiger charge is -2.08. The molecule has 0 aliphatic carbocycles. The topological polar surface area (TPSA) is 53.1 Å². The molecule has 0 aliphatic rings. The second-order valence-electron chi connectivity index (χ2n) is 3.32. The second kappa shape index (κ2) is 4.50. The maximum Gasteiger partial charge on any atom is 0.157 e. The minimum Gasteiger partial charge on any atom is -0.493 e. The van der Waals surface area contributed by atoms with Gasteiger partial charge in [-0.05, 0) is 12.1 Å². The molecule has 0 fully saturated rings. The predicted octanol–water partition coefficient (Wildman–Crippen LogP) is 1.65. The molecule has 0 aliphatic heterocycles. The van der Waals surface area contributed by atoms with Crippen molar-refractivity contribution in [2.75, 3.05) is 7.11 Å². The lowest BCUT2D eigenvalue weighted by Crippen LogP contribution is -2.15. The van der Waals surface area contributed by atoms with Crippen LogP contribution in [0.25, 0.3) is 5.69 Å². The van der Waals surface area contributed by atoms with Crippen molar-refractivity contribution >= 4 is 17.2 Å². The largest absolute Gasteiger partial charge is 0.493 e. The van der Waals surface area contributed by atoms with Crippen LogP contribution in [0.2, 0.25) is 0 Å². The smallest absolute Gasteiger partial charge is 0.157 e. The van der Waals surface area contributed by atoms with Crippen molar-refractivity contribution < 1.29 is 9.13 Å². The Morgan fingerprint density at radius 3 is 2.88 bits per heavy atom. The Labute approximate surface area is 103 Å². The molecule has 0 unspecified atom stereocenters. The molecule has 0 radical (unpaired) electrons. The first-order valence-corrected chi connectivity index (χ1v) is 5.21. The zero-order chi connectivity index (χ0) is 12.4. The van der Waals surface area contributed by atoms with Crippen LogP contribution in [-0.4, -0.2) is 21.9 Å². The monoisotopic (exact) mass is 251 g/mol. The number of aromatic nitrogens is 2. The van der Waals surface area contributed by atoms with Crippen LogP contribution in [0.5, 0.6) is 5.75 Å². The van der Waals surface area contributed by atoms with Crippen molar-refractivity contribution in [2.45, 2.75) is 0 Å². The molecule has 0 saturated heterocycles. The fourth-order valence-electron chi connectivity index (χ4n) is 1.49. The summed E-state index contributed by atoms with van der Waals surface area (Å²) in [6.45, 7) is 0. The average molecular weight is 251 g/mol. The van der Waals surface area contributed by atoms with Gasteiger partial charge in [-0.2, -0.15) is 5.10 Å². The van der Waals surface area contributed by atoms with E-state index in [0.717, 1.165) is 0 Å². The SMILES string of the molecule is COc1cnn(-c2cccc(F)c2C(N)=S)c1. The molecule has 4 nitrogen and oxygen atoms in total. The molecule has 0 atom stereocenters. The minimum atomic E-state index is -0.468. The van der Waals surface area contributed by atoms with Crippen molar-refractivity contribution in [3.63, 3.8) is 0 Å². The van der Waals surface area contributed by atoms with Crippen LogP contribution in [0.3, 0.4) is 0 Å². The van der Waals surface area contributed by atoms with Crippen molar-refractivity contribution in [3.05, 3.63) is 42.0 Å². The van der Waals surface area contributed by atoms with Crippen LogP contribution in [0.4, 0.5) is 4.39 Å². The Morgan fingerprint density at radius 2 is 2.29 bits per heavy atom. The van der Waals surface area contributed by atoms with E-state index in [1.165, 1.54) is 24.1 Å². The molecule has 0 spiro atoms. The van der Waals surface area contributed by atoms with Gasteiger partial charge in [0.1, 0.15) is 10.8 Å². The number of nitrogens with zero attached hydrogens (tertiary/aromatic N) is 2. The lowest BCUT2D eigenvalue weighted by atomic mass is 10.1. The number of benzene rings is 1. The third kappa shape index (κ3) is 2.12. The number of nitrogens with two attached hydrogens (primary N) is 1. The molecule has 0 bridgehead atoms. The Hall–Kier alpha value is -1.95. The van der Waals surface area contributed by atoms with E-state index in [2.05, 4.69) is 5.10 Å². The molecule has 1 aromatic heterocycles. The summed E-state index contributed by atoms with van der Waals surface area (Å²) in [6.07, 6.45) is 3.14. The number of hydrogen-bond donors (Lipinski definition) is 1. The van der Waals surface area contributed by atoms with E-state index in [4.69, 9.17) is 22.7 Å². The van der Waals surface area contributed by atoms with Crippen molar-refractivity contribution in [2.24, 2.45) is 5.73 Å². The highest BCUT2D eigenvalue weighted by Crippen LogP contribution is 2.19. The Kier molecular flexibility index (Phi) is 3.06. The molecule has 2 aromatic rings. The molecule has 1 aromatic carbocycles. The Morgan fingerprint density at radius 1 is 1.53 bits per heavy atom. The highest BCUT2D eigenvalue weighted by molar-refractivity contribution is 7.80. The van der Waals surface area contributed by atoms with E-state index in [9.17, 15) is 4.39 Å². The zero-order valence-corrected chi connectivity index (χ0v) is 9.87. The summed E-state index contributed by atoms with van der Waals surface area (Å²) in [5, 5.41) is 4.05. The van der Waals surface area contributed by atoms with Crippen LogP contribution in [0.1, 0.15) is 5.56 Å². The molecular formula is C11H10FN3OS. The van der Waals surface area contributed by atoms with Gasteiger partial charge in [-0.3, -0.25) is 0 Å². The van der Waals surface area contributed by atoms with E-state index in [-0.39, 0.29) is 10.6 Å². The summed E-state index contributed by atoms with van der Waals surface area (Å²) in [5.74, 6) is 0.104. The van der Waals surface area contributed by atoms with Gasteiger partial charge in [0, 0.05) is 0 Å². The summed E-state index contributed by atoms with van der Waals surface area (Å²) in [4.78, 5) is -0.00688. The normalized spacial score (nSPS) is 10.2. The van der Waals surface area contributed by atoms with Gasteiger partial charge in [-0.25, -0.2) is 9.07 Å². The van der Waals surface area contributed by atoms with Crippen molar-refractivity contribution in [3.8, 4) is 11.4 Å². The molecule has 2 rings (SSSR count). The van der Waals surface area contributed by atoms with Gasteiger partial charge >= 0.3 is 0 Å². The first-order valence-electron chi connectivity index (χ1n) is 4.81. The molecule has 6 heteroatoms. The van der Waals surface area contributed by atoms with Gasteiger partial charge in [0.25, 0.3) is 0 Å². The molecular weight excluding hydrogens is 241 g/mol. The molecule has 1 heterocycles. The van der Waals surface area contributed by atoms with Crippen LogP contribution in [0.15, 0.2) is 30.6 Å². The van der Waals surface area contributed by atoms with E-state index >= 15 is 0 Å². The highest BCUT2D eigenvalue weighted by atomic mass is 32.1. The van der Waals surface area contributed by atoms with E-state index in [0.29, 0.717) is 11.4 Å². The summed E-state index contributed by atoms with van der Waals surface area (Å²) < 4.78 is 20.1. The molecule has 0 amide bonds. The minimum absolute atomic E-state index is 0.00688. The number of ether oxygens (including phenoxy) is 1. The van der Waals surface area contributed by atoms with Crippen LogP contribution in [-0.2, 0) is 0 Å². The summed E-state index contributed by atoms with van der Waals surface area (Å²) >= 11 is 4.84. The summed E-state index contributed by atoms with van der Waals surface area (Å²) in [6, 6.07) is 4.56. The summed E-state index contributed by atoms with van der Waals surface area (Å²) in [5.41, 5.74) is 6.17. The fourth-order valence-corrected chi connectivity index (χ4v) is 1.69. The van der Waals surface area contributed by atoms with Gasteiger partial charge in [-0.1, -0.05) is 18.3 Å². The molecule has 88 valence electrons. The summed E-state index contributed by atoms with van der Waals surface area (Å²) in [7, 11) is 1.53. The molecule has 0 saturated carbocycles. The quantitative estimate of drug-likeness (QED) is 0.843. The first-order chi connectivity index (χ1) is 8.13. The van der Waals surface area contributed by atoms with Crippen LogP contribution < -0.4 is 10.5 Å². The number of rotatable bonds is 3. The van der Waals surface area contributed by atoms with E-state index < -0.39 is 5.82 Å². The zero-order valence-electron chi connectivity index (χ0n) is 9.05. The third-order valence-corrected chi connectivity index (χ3v) is 2.48. The number of halogens is 1. The predicted molar refractivity (Wildman–Crippen MR) is 66.0 cm³/mol. The van der Waals surface area contributed by atoms with E-state index in [1.54, 1.807) is 18.3 Å². The number of methoxy groups -OCH3 is 1. The van der Waals surface area contributed by atoms with Crippen molar-refractivity contribution in [1.29, 1.82) is 0 Å². The fraction of sp³-hybridized carbons (Fsp3) is 0.0909. The van der Waals surface area contributed by atoms with Crippen molar-refractivity contribution in [1.82, 2.24) is 9.78 Å². The molecule has 17 heavy (non-hydrogen) atoms. The van der Waals surface area contributed by atoms with Gasteiger partial charge in [0.2, 0.25) is 0 Å². The third-order valence-electron chi connectivity index (χ3n) is 2.28. The van der Waals surface area contributed by atoms with Gasteiger partial charge < -0.3 is 10.5 Å². The first kappa shape index (κ1) is 11.5. The highest BCUT2D eigenvalue weighted by Gasteiger charge is 2.13. The maximum absolute atomic E-state index is 13.6.